The van der Waals surface area contributed by atoms with Crippen LogP contribution in [0.2, 0.25) is 0 Å². The monoisotopic (exact) mass is 263 g/mol. The number of allylic oxidation sites excluding steroid dienone is 1. The van der Waals surface area contributed by atoms with Crippen LogP contribution in [0.3, 0.4) is 0 Å². The molecule has 3 heteroatoms. The Hall–Kier alpha value is -1.51. The average Bonchev–Trinajstić information content (AvgIpc) is 2.43. The average molecular weight is 263 g/mol. The fraction of sp³-hybridized carbons (Fsp3) is 0.500. The molecule has 2 rings (SSSR count). The lowest BCUT2D eigenvalue weighted by Crippen LogP contribution is -2.37. The topological polar surface area (TPSA) is 12.5 Å². The van der Waals surface area contributed by atoms with Crippen molar-refractivity contribution in [2.75, 3.05) is 18.6 Å². The lowest BCUT2D eigenvalue weighted by molar-refractivity contribution is 0.386. The van der Waals surface area contributed by atoms with Gasteiger partial charge in [-0.05, 0) is 44.7 Å². The first-order valence-corrected chi connectivity index (χ1v) is 6.92. The molecule has 0 aromatic heterocycles. The highest BCUT2D eigenvalue weighted by Crippen LogP contribution is 2.31. The van der Waals surface area contributed by atoms with Crippen molar-refractivity contribution in [2.24, 2.45) is 0 Å². The molecule has 0 atom stereocenters. The van der Waals surface area contributed by atoms with Crippen molar-refractivity contribution in [2.45, 2.75) is 38.6 Å². The van der Waals surface area contributed by atoms with Gasteiger partial charge in [0.2, 0.25) is 0 Å². The van der Waals surface area contributed by atoms with E-state index < -0.39 is 0 Å². The molecular weight excluding hydrogens is 241 g/mol. The van der Waals surface area contributed by atoms with Gasteiger partial charge in [-0.2, -0.15) is 0 Å². The molecule has 0 bridgehead atoms. The minimum absolute atomic E-state index is 0.306. The van der Waals surface area contributed by atoms with Crippen LogP contribution in [0.4, 0.5) is 10.1 Å². The number of methoxy groups -OCH3 is 1. The third kappa shape index (κ3) is 3.09. The summed E-state index contributed by atoms with van der Waals surface area (Å²) in [5.41, 5.74) is 2.39. The Kier molecular flexibility index (Phi) is 4.46. The third-order valence-electron chi connectivity index (χ3n) is 3.91. The van der Waals surface area contributed by atoms with Crippen molar-refractivity contribution in [1.82, 2.24) is 0 Å². The lowest BCUT2D eigenvalue weighted by atomic mass is 9.90. The van der Waals surface area contributed by atoms with Crippen molar-refractivity contribution in [1.29, 1.82) is 0 Å². The predicted molar refractivity (Wildman–Crippen MR) is 77.4 cm³/mol. The number of hydrogen-bond acceptors (Lipinski definition) is 2. The summed E-state index contributed by atoms with van der Waals surface area (Å²) in [6, 6.07) is 5.64. The number of ether oxygens (including phenoxy) is 1. The lowest BCUT2D eigenvalue weighted by Gasteiger charge is -2.36. The van der Waals surface area contributed by atoms with Gasteiger partial charge in [0.25, 0.3) is 0 Å². The van der Waals surface area contributed by atoms with Gasteiger partial charge in [0.05, 0.1) is 7.11 Å². The number of nitrogens with zero attached hydrogens (tertiary/aromatic N) is 1. The van der Waals surface area contributed by atoms with Crippen molar-refractivity contribution in [3.05, 3.63) is 36.2 Å². The Morgan fingerprint density at radius 3 is 2.63 bits per heavy atom. The second kappa shape index (κ2) is 6.09. The van der Waals surface area contributed by atoms with Gasteiger partial charge in [0.1, 0.15) is 0 Å². The maximum atomic E-state index is 13.5. The van der Waals surface area contributed by atoms with Crippen LogP contribution in [-0.4, -0.2) is 19.7 Å². The number of anilines is 1. The Balaban J connectivity index is 2.19. The summed E-state index contributed by atoms with van der Waals surface area (Å²) in [5.74, 6) is 0.00972. The number of halogens is 1. The quantitative estimate of drug-likeness (QED) is 0.756. The van der Waals surface area contributed by atoms with E-state index in [1.54, 1.807) is 6.07 Å². The first kappa shape index (κ1) is 13.9. The highest BCUT2D eigenvalue weighted by atomic mass is 19.1. The molecule has 1 aromatic carbocycles. The van der Waals surface area contributed by atoms with Crippen LogP contribution in [0, 0.1) is 5.82 Å². The van der Waals surface area contributed by atoms with Crippen LogP contribution < -0.4 is 9.64 Å². The maximum absolute atomic E-state index is 13.5. The molecule has 0 aliphatic heterocycles. The molecule has 1 fully saturated rings. The molecule has 1 aliphatic rings. The van der Waals surface area contributed by atoms with Gasteiger partial charge in [-0.15, -0.1) is 0 Å². The fourth-order valence-electron chi connectivity index (χ4n) is 2.80. The van der Waals surface area contributed by atoms with Crippen molar-refractivity contribution in [3.8, 4) is 5.75 Å². The first-order valence-electron chi connectivity index (χ1n) is 6.92. The number of hydrogen-bond donors (Lipinski definition) is 0. The summed E-state index contributed by atoms with van der Waals surface area (Å²) in [6.07, 6.45) is 4.46. The van der Waals surface area contributed by atoms with Crippen LogP contribution in [-0.2, 0) is 0 Å². The fourth-order valence-corrected chi connectivity index (χ4v) is 2.80. The second-order valence-corrected chi connectivity index (χ2v) is 5.09. The zero-order valence-corrected chi connectivity index (χ0v) is 11.8. The van der Waals surface area contributed by atoms with E-state index in [4.69, 9.17) is 4.74 Å². The Morgan fingerprint density at radius 2 is 2.05 bits per heavy atom. The third-order valence-corrected chi connectivity index (χ3v) is 3.91. The molecule has 0 unspecified atom stereocenters. The normalized spacial score (nSPS) is 16.5. The van der Waals surface area contributed by atoms with E-state index in [2.05, 4.69) is 18.4 Å². The highest BCUT2D eigenvalue weighted by Gasteiger charge is 2.22. The minimum atomic E-state index is -0.306. The number of benzene rings is 1. The summed E-state index contributed by atoms with van der Waals surface area (Å²) in [5, 5.41) is 0. The van der Waals surface area contributed by atoms with E-state index >= 15 is 0 Å². The zero-order valence-electron chi connectivity index (χ0n) is 11.8. The van der Waals surface area contributed by atoms with Crippen LogP contribution in [0.25, 0.3) is 0 Å². The van der Waals surface area contributed by atoms with Crippen LogP contribution in [0.1, 0.15) is 32.6 Å². The van der Waals surface area contributed by atoms with E-state index in [-0.39, 0.29) is 5.82 Å². The smallest absolute Gasteiger partial charge is 0.165 e. The first-order chi connectivity index (χ1) is 9.15. The molecular formula is C16H22FNO. The predicted octanol–water partition coefficient (Wildman–Crippen LogP) is 4.16. The zero-order chi connectivity index (χ0) is 13.8. The standard InChI is InChI=1S/C16H22FNO/c1-4-18(13-7-5-12(2)6-8-13)14-9-10-15(17)16(11-14)19-3/h9-11,13H,2,4-8H2,1,3H3. The second-order valence-electron chi connectivity index (χ2n) is 5.09. The molecule has 1 saturated carbocycles. The Bertz CT molecular complexity index is 448. The van der Waals surface area contributed by atoms with E-state index in [9.17, 15) is 4.39 Å². The summed E-state index contributed by atoms with van der Waals surface area (Å²) in [7, 11) is 1.50. The molecule has 1 aliphatic carbocycles. The molecule has 104 valence electrons. The van der Waals surface area contributed by atoms with Crippen molar-refractivity contribution in [3.63, 3.8) is 0 Å². The van der Waals surface area contributed by atoms with Gasteiger partial charge in [-0.25, -0.2) is 4.39 Å². The Labute approximate surface area is 114 Å². The van der Waals surface area contributed by atoms with Gasteiger partial charge < -0.3 is 9.64 Å². The molecule has 0 radical (unpaired) electrons. The molecule has 0 heterocycles. The molecule has 0 saturated heterocycles. The van der Waals surface area contributed by atoms with Crippen molar-refractivity contribution >= 4 is 5.69 Å². The summed E-state index contributed by atoms with van der Waals surface area (Å²) >= 11 is 0. The van der Waals surface area contributed by atoms with Gasteiger partial charge >= 0.3 is 0 Å². The summed E-state index contributed by atoms with van der Waals surface area (Å²) in [4.78, 5) is 2.34. The van der Waals surface area contributed by atoms with Crippen LogP contribution in [0.15, 0.2) is 30.4 Å². The van der Waals surface area contributed by atoms with Crippen molar-refractivity contribution < 1.29 is 9.13 Å². The maximum Gasteiger partial charge on any atom is 0.165 e. The van der Waals surface area contributed by atoms with Gasteiger partial charge in [-0.1, -0.05) is 12.2 Å². The van der Waals surface area contributed by atoms with E-state index in [1.807, 2.05) is 6.07 Å². The van der Waals surface area contributed by atoms with E-state index in [1.165, 1.54) is 18.7 Å². The molecule has 19 heavy (non-hydrogen) atoms. The van der Waals surface area contributed by atoms with Gasteiger partial charge in [0.15, 0.2) is 11.6 Å². The highest BCUT2D eigenvalue weighted by molar-refractivity contribution is 5.52. The summed E-state index contributed by atoms with van der Waals surface area (Å²) < 4.78 is 18.5. The van der Waals surface area contributed by atoms with Crippen LogP contribution in [0.5, 0.6) is 5.75 Å². The largest absolute Gasteiger partial charge is 0.494 e. The number of rotatable bonds is 4. The molecule has 0 N–H and O–H groups in total. The SMILES string of the molecule is C=C1CCC(N(CC)c2ccc(F)c(OC)c2)CC1. The van der Waals surface area contributed by atoms with Gasteiger partial charge in [-0.3, -0.25) is 0 Å². The Morgan fingerprint density at radius 1 is 1.37 bits per heavy atom. The van der Waals surface area contributed by atoms with E-state index in [0.717, 1.165) is 37.9 Å². The minimum Gasteiger partial charge on any atom is -0.494 e. The molecule has 0 spiro atoms. The molecule has 2 nitrogen and oxygen atoms in total. The van der Waals surface area contributed by atoms with Crippen LogP contribution >= 0.6 is 0 Å². The molecule has 1 aromatic rings. The van der Waals surface area contributed by atoms with Gasteiger partial charge in [0, 0.05) is 24.3 Å². The molecule has 0 amide bonds. The summed E-state index contributed by atoms with van der Waals surface area (Å²) in [6.45, 7) is 7.12. The van der Waals surface area contributed by atoms with E-state index in [0.29, 0.717) is 11.8 Å².